The number of pyridine rings is 5. The first-order chi connectivity index (χ1) is 65.1. The largest absolute Gasteiger partial charge is 0.466 e. The highest BCUT2D eigenvalue weighted by Crippen LogP contribution is 2.43. The molecule has 137 heavy (non-hydrogen) atoms. The molecule has 5 aliphatic heterocycles. The predicted molar refractivity (Wildman–Crippen MR) is 477 cm³/mol. The van der Waals surface area contributed by atoms with Crippen LogP contribution < -0.4 is 26.6 Å². The zero-order chi connectivity index (χ0) is 99.8. The molecule has 25 nitrogen and oxygen atoms in total. The first kappa shape index (κ1) is 103. The Balaban J connectivity index is 0.000000164. The summed E-state index contributed by atoms with van der Waals surface area (Å²) in [5, 5.41) is 14.4. The van der Waals surface area contributed by atoms with Crippen molar-refractivity contribution in [2.24, 2.45) is 25.0 Å². The number of aromatic nitrogens is 5. The summed E-state index contributed by atoms with van der Waals surface area (Å²) in [6.07, 6.45) is 4.46. The molecular formula is C93H72Cl5F14N15O10. The van der Waals surface area contributed by atoms with E-state index in [9.17, 15) is 85.4 Å². The Bertz CT molecular complexity index is 6470. The smallest absolute Gasteiger partial charge is 0.338 e. The fraction of sp³-hybridized carbons (Fsp3) is 0.194. The molecule has 712 valence electrons. The van der Waals surface area contributed by atoms with Crippen LogP contribution in [0, 0.1) is 81.4 Å². The molecule has 0 saturated heterocycles. The van der Waals surface area contributed by atoms with E-state index in [4.69, 9.17) is 81.7 Å². The summed E-state index contributed by atoms with van der Waals surface area (Å²) in [6.45, 7) is 13.4. The van der Waals surface area contributed by atoms with Crippen LogP contribution >= 0.6 is 58.0 Å². The van der Waals surface area contributed by atoms with Crippen LogP contribution in [0.3, 0.4) is 0 Å². The number of allylic oxidation sites excluding steroid dienone is 5. The van der Waals surface area contributed by atoms with Gasteiger partial charge in [0.1, 0.15) is 117 Å². The van der Waals surface area contributed by atoms with Crippen LogP contribution in [0.15, 0.2) is 240 Å². The van der Waals surface area contributed by atoms with Crippen molar-refractivity contribution in [2.75, 3.05) is 34.0 Å². The number of methoxy groups -OCH3 is 2. The third-order valence-electron chi connectivity index (χ3n) is 19.9. The highest BCUT2D eigenvalue weighted by Gasteiger charge is 2.40. The number of ether oxygens (including phenoxy) is 5. The van der Waals surface area contributed by atoms with Crippen LogP contribution in [0.1, 0.15) is 142 Å². The van der Waals surface area contributed by atoms with Gasteiger partial charge in [0.25, 0.3) is 0 Å². The van der Waals surface area contributed by atoms with Gasteiger partial charge in [0.15, 0.2) is 52.4 Å². The summed E-state index contributed by atoms with van der Waals surface area (Å²) in [6, 6.07) is 19.0. The van der Waals surface area contributed by atoms with Crippen LogP contribution in [-0.2, 0) is 47.7 Å². The summed E-state index contributed by atoms with van der Waals surface area (Å²) in [5.74, 6) is -13.2. The molecule has 5 aromatic heterocycles. The average Bonchev–Trinajstić information content (AvgIpc) is 0.796. The molecule has 0 saturated carbocycles. The first-order valence-electron chi connectivity index (χ1n) is 40.2. The summed E-state index contributed by atoms with van der Waals surface area (Å²) in [4.78, 5) is 103. The van der Waals surface area contributed by atoms with Gasteiger partial charge in [-0.3, -0.25) is 25.0 Å². The molecule has 44 heteroatoms. The van der Waals surface area contributed by atoms with Crippen molar-refractivity contribution in [3.05, 3.63) is 378 Å². The number of benzene rings is 5. The van der Waals surface area contributed by atoms with Gasteiger partial charge < -0.3 is 50.3 Å². The molecular weight excluding hydrogens is 1930 g/mol. The van der Waals surface area contributed by atoms with Crippen LogP contribution in [0.5, 0.6) is 0 Å². The van der Waals surface area contributed by atoms with Crippen molar-refractivity contribution in [1.29, 1.82) is 0 Å². The van der Waals surface area contributed by atoms with Crippen LogP contribution in [0.25, 0.3) is 0 Å². The molecule has 0 aliphatic carbocycles. The second kappa shape index (κ2) is 45.8. The third-order valence-corrected chi connectivity index (χ3v) is 21.5. The molecule has 5 aliphatic rings. The van der Waals surface area contributed by atoms with Crippen molar-refractivity contribution in [2.45, 2.75) is 85.6 Å². The molecule has 5 aromatic carbocycles. The number of esters is 5. The lowest BCUT2D eigenvalue weighted by atomic mass is 9.95. The van der Waals surface area contributed by atoms with Gasteiger partial charge >= 0.3 is 29.8 Å². The van der Waals surface area contributed by atoms with E-state index in [1.54, 1.807) is 55.4 Å². The predicted octanol–water partition coefficient (Wildman–Crippen LogP) is 19.5. The Morgan fingerprint density at radius 3 is 0.679 bits per heavy atom. The van der Waals surface area contributed by atoms with Crippen LogP contribution in [-0.4, -0.2) is 118 Å². The van der Waals surface area contributed by atoms with Gasteiger partial charge in [-0.25, -0.2) is 110 Å². The van der Waals surface area contributed by atoms with E-state index in [1.807, 2.05) is 0 Å². The molecule has 3 unspecified atom stereocenters. The topological polar surface area (TPSA) is 318 Å². The van der Waals surface area contributed by atoms with E-state index >= 15 is 0 Å². The highest BCUT2D eigenvalue weighted by molar-refractivity contribution is 6.33. The zero-order valence-electron chi connectivity index (χ0n) is 72.8. The summed E-state index contributed by atoms with van der Waals surface area (Å²) in [5.41, 5.74) is 3.79. The Kier molecular flexibility index (Phi) is 34.5. The van der Waals surface area contributed by atoms with E-state index in [2.05, 4.69) is 76.5 Å². The lowest BCUT2D eigenvalue weighted by molar-refractivity contribution is -0.139. The fourth-order valence-corrected chi connectivity index (χ4v) is 15.1. The zero-order valence-corrected chi connectivity index (χ0v) is 76.5. The average molecular weight is 2000 g/mol. The van der Waals surface area contributed by atoms with Crippen molar-refractivity contribution in [1.82, 2.24) is 51.5 Å². The minimum Gasteiger partial charge on any atom is -0.466 e. The lowest BCUT2D eigenvalue weighted by Gasteiger charge is -2.26. The Labute approximate surface area is 795 Å². The molecule has 15 rings (SSSR count). The number of carbonyl (C=O) groups excluding carboxylic acids is 5. The normalized spacial score (nSPS) is 16.6. The quantitative estimate of drug-likeness (QED) is 0.0303. The number of nitrogens with zero attached hydrogens (tertiary/aromatic N) is 10. The molecule has 10 heterocycles. The maximum absolute atomic E-state index is 14.2. The number of hydrogen-bond acceptors (Lipinski definition) is 25. The van der Waals surface area contributed by atoms with Gasteiger partial charge in [-0.2, -0.15) is 0 Å². The number of hydrogen-bond donors (Lipinski definition) is 5. The number of nitrogens with one attached hydrogen (secondary N) is 5. The van der Waals surface area contributed by atoms with Gasteiger partial charge in [-0.15, -0.1) is 0 Å². The van der Waals surface area contributed by atoms with E-state index in [0.717, 1.165) is 61.3 Å². The maximum Gasteiger partial charge on any atom is 0.338 e. The van der Waals surface area contributed by atoms with Crippen molar-refractivity contribution >= 4 is 117 Å². The Morgan fingerprint density at radius 1 is 0.277 bits per heavy atom. The fourth-order valence-electron chi connectivity index (χ4n) is 13.8. The van der Waals surface area contributed by atoms with Gasteiger partial charge in [0, 0.05) is 106 Å². The molecule has 0 bridgehead atoms. The van der Waals surface area contributed by atoms with Gasteiger partial charge in [-0.1, -0.05) is 88.3 Å². The highest BCUT2D eigenvalue weighted by atomic mass is 35.5. The van der Waals surface area contributed by atoms with E-state index in [-0.39, 0.29) is 119 Å². The minimum atomic E-state index is -0.993. The van der Waals surface area contributed by atoms with E-state index in [0.29, 0.717) is 92.1 Å². The molecule has 0 spiro atoms. The number of carbonyl (C=O) groups is 5. The number of amidine groups is 5. The van der Waals surface area contributed by atoms with Gasteiger partial charge in [0.05, 0.1) is 92.9 Å². The first-order valence-corrected chi connectivity index (χ1v) is 42.1. The molecule has 5 N–H and O–H groups in total. The number of halogens is 19. The van der Waals surface area contributed by atoms with Gasteiger partial charge in [-0.05, 0) is 128 Å². The SMILES string of the molecule is CCOC(=O)C1=C(C)NC(c2ccc(F)cn2)=NC1c1ccc(F)cc1Cl.CCOC(=O)C1=C(C)NC(c2ncc(F)cc2F)=NC1c1ccc(F)cc1Cl.CCOC(=O)C1=C(C)NC(c2ncc(F)cc2F)=N[C@H]1c1ccc(F)cc1Cl.COC(=O)C1=C(C)NC(c2ncc(F)cc2F)=NC1c1ccc(F)cc1Cl.COC(=O)C1=C(C)NC(c2ncc(F)cc2F)=N[C@H]1c1ccc(F)cc1Cl. The van der Waals surface area contributed by atoms with Crippen molar-refractivity contribution < 1.29 is 109 Å². The third kappa shape index (κ3) is 24.7. The summed E-state index contributed by atoms with van der Waals surface area (Å²) >= 11 is 30.8. The molecule has 0 fully saturated rings. The number of rotatable bonds is 18. The number of aliphatic imine (C=N–C) groups is 5. The second-order valence-electron chi connectivity index (χ2n) is 29.0. The van der Waals surface area contributed by atoms with Crippen LogP contribution in [0.2, 0.25) is 25.1 Å². The second-order valence-corrected chi connectivity index (χ2v) is 31.0. The minimum absolute atomic E-state index is 0.0200. The summed E-state index contributed by atoms with van der Waals surface area (Å²) in [7, 11) is 2.40. The standard InChI is InChI=1S/2C19H15ClF3N3O2.C19H16ClF2N3O2.2C18H13ClF3N3O2/c2*1-3-28-19(27)15-9(2)25-18(17-14(23)7-11(22)8-24-17)26-16(15)12-5-4-10(21)6-13(12)20;1-3-27-19(26)16-10(2)24-18(15-7-5-12(22)9-23-15)25-17(16)13-6-4-11(21)8-14(13)20;2*1-8-14(18(26)27-2)15(11-4-3-9(20)5-12(11)19)25-17(24-8)16-13(22)6-10(21)7-23-16/h2*4-8,16H,3H2,1-2H3,(H,25,26);4-9,17H,3H2,1-2H3,(H,24,25);2*3-7,15H,1-2H3,(H,24,25)/t16-;;;15-;/m0..0./s1. The molecule has 5 atom stereocenters. The molecule has 0 radical (unpaired) electrons. The monoisotopic (exact) mass is 2000 g/mol. The summed E-state index contributed by atoms with van der Waals surface area (Å²) < 4.78 is 215. The van der Waals surface area contributed by atoms with Gasteiger partial charge in [0.2, 0.25) is 0 Å². The molecule has 10 aromatic rings. The Hall–Kier alpha value is -14.3. The maximum atomic E-state index is 14.2. The molecule has 0 amide bonds. The van der Waals surface area contributed by atoms with Crippen molar-refractivity contribution in [3.63, 3.8) is 0 Å². The Morgan fingerprint density at radius 2 is 0.482 bits per heavy atom. The van der Waals surface area contributed by atoms with Crippen LogP contribution in [0.4, 0.5) is 61.5 Å². The van der Waals surface area contributed by atoms with Crippen molar-refractivity contribution in [3.8, 4) is 0 Å². The lowest BCUT2D eigenvalue weighted by Crippen LogP contribution is -2.34. The van der Waals surface area contributed by atoms with E-state index < -0.39 is 141 Å². The van der Waals surface area contributed by atoms with E-state index in [1.165, 1.54) is 87.0 Å².